The maximum Gasteiger partial charge on any atom is 0.436 e. The van der Waals surface area contributed by atoms with Crippen molar-refractivity contribution in [2.45, 2.75) is 39.5 Å². The van der Waals surface area contributed by atoms with Crippen LogP contribution in [0.25, 0.3) is 0 Å². The molecule has 0 N–H and O–H groups in total. The fourth-order valence-electron chi connectivity index (χ4n) is 3.48. The van der Waals surface area contributed by atoms with Crippen LogP contribution in [-0.4, -0.2) is 61.4 Å². The highest BCUT2D eigenvalue weighted by atomic mass is 35.5. The number of alkyl halides is 3. The number of hydrogen-bond donors (Lipinski definition) is 0. The number of halogens is 4. The number of rotatable bonds is 5. The van der Waals surface area contributed by atoms with Crippen LogP contribution in [0.15, 0.2) is 6.20 Å². The van der Waals surface area contributed by atoms with Crippen molar-refractivity contribution in [2.75, 3.05) is 26.2 Å². The van der Waals surface area contributed by atoms with Gasteiger partial charge in [-0.15, -0.1) is 0 Å². The Bertz CT molecular complexity index is 883. The molecule has 1 aliphatic heterocycles. The molecule has 29 heavy (non-hydrogen) atoms. The summed E-state index contributed by atoms with van der Waals surface area (Å²) in [5.74, 6) is -0.0956. The molecule has 2 aromatic heterocycles. The summed E-state index contributed by atoms with van der Waals surface area (Å²) in [7, 11) is 1.89. The quantitative estimate of drug-likeness (QED) is 0.728. The molecule has 1 amide bonds. The summed E-state index contributed by atoms with van der Waals surface area (Å²) in [4.78, 5) is 16.5. The minimum absolute atomic E-state index is 0.0650. The maximum absolute atomic E-state index is 12.9. The van der Waals surface area contributed by atoms with Crippen molar-refractivity contribution in [1.82, 2.24) is 29.4 Å². The molecule has 3 rings (SSSR count). The van der Waals surface area contributed by atoms with E-state index in [9.17, 15) is 18.0 Å². The molecule has 0 spiro atoms. The Morgan fingerprint density at radius 1 is 1.17 bits per heavy atom. The normalized spacial score (nSPS) is 15.9. The first kappa shape index (κ1) is 21.6. The molecule has 1 aliphatic rings. The van der Waals surface area contributed by atoms with Gasteiger partial charge in [-0.2, -0.15) is 23.4 Å². The van der Waals surface area contributed by atoms with E-state index in [1.807, 2.05) is 20.2 Å². The summed E-state index contributed by atoms with van der Waals surface area (Å²) in [5, 5.41) is 7.47. The monoisotopic (exact) mass is 432 g/mol. The minimum atomic E-state index is -4.61. The zero-order valence-electron chi connectivity index (χ0n) is 16.6. The molecule has 0 radical (unpaired) electrons. The standard InChI is InChI=1S/C18H24ClF3N6O/c1-12-14(10-25(3)23-12)11-26-6-8-27(9-7-26)15(29)4-5-28-13(2)16(19)17(24-28)18(20,21)22/h10H,4-9,11H2,1-3H3. The third-order valence-corrected chi connectivity index (χ3v) is 5.63. The van der Waals surface area contributed by atoms with Gasteiger partial charge in [0.15, 0.2) is 5.69 Å². The number of amides is 1. The lowest BCUT2D eigenvalue weighted by Gasteiger charge is -2.34. The highest BCUT2D eigenvalue weighted by Gasteiger charge is 2.38. The topological polar surface area (TPSA) is 59.2 Å². The van der Waals surface area contributed by atoms with E-state index in [1.54, 1.807) is 9.58 Å². The Balaban J connectivity index is 1.51. The molecule has 1 fully saturated rings. The summed E-state index contributed by atoms with van der Waals surface area (Å²) in [6.45, 7) is 6.95. The van der Waals surface area contributed by atoms with Crippen molar-refractivity contribution in [2.24, 2.45) is 7.05 Å². The lowest BCUT2D eigenvalue weighted by atomic mass is 10.2. The molecule has 7 nitrogen and oxygen atoms in total. The van der Waals surface area contributed by atoms with Gasteiger partial charge in [0, 0.05) is 58.0 Å². The van der Waals surface area contributed by atoms with Crippen LogP contribution in [0, 0.1) is 13.8 Å². The van der Waals surface area contributed by atoms with E-state index < -0.39 is 16.9 Å². The van der Waals surface area contributed by atoms with Gasteiger partial charge < -0.3 is 4.90 Å². The van der Waals surface area contributed by atoms with Crippen molar-refractivity contribution in [1.29, 1.82) is 0 Å². The SMILES string of the molecule is Cc1nn(C)cc1CN1CCN(C(=O)CCn2nc(C(F)(F)F)c(Cl)c2C)CC1. The van der Waals surface area contributed by atoms with E-state index in [0.29, 0.717) is 13.1 Å². The van der Waals surface area contributed by atoms with Crippen LogP contribution in [0.2, 0.25) is 5.02 Å². The van der Waals surface area contributed by atoms with Crippen molar-refractivity contribution in [3.05, 3.63) is 33.9 Å². The molecule has 11 heteroatoms. The molecule has 0 unspecified atom stereocenters. The molecule has 160 valence electrons. The summed E-state index contributed by atoms with van der Waals surface area (Å²) in [6, 6.07) is 0. The summed E-state index contributed by atoms with van der Waals surface area (Å²) >= 11 is 5.75. The Hall–Kier alpha value is -2.07. The second kappa shape index (κ2) is 8.35. The average molecular weight is 433 g/mol. The smallest absolute Gasteiger partial charge is 0.340 e. The summed E-state index contributed by atoms with van der Waals surface area (Å²) in [5.41, 5.74) is 1.27. The lowest BCUT2D eigenvalue weighted by molar-refractivity contribution is -0.141. The van der Waals surface area contributed by atoms with Crippen LogP contribution in [0.3, 0.4) is 0 Å². The van der Waals surface area contributed by atoms with Crippen molar-refractivity contribution in [3.63, 3.8) is 0 Å². The molecule has 0 aromatic carbocycles. The van der Waals surface area contributed by atoms with E-state index in [1.165, 1.54) is 12.5 Å². The van der Waals surface area contributed by atoms with E-state index in [2.05, 4.69) is 15.1 Å². The third-order valence-electron chi connectivity index (χ3n) is 5.17. The number of aryl methyl sites for hydroxylation is 3. The number of hydrogen-bond acceptors (Lipinski definition) is 4. The first-order chi connectivity index (χ1) is 13.6. The van der Waals surface area contributed by atoms with Crippen LogP contribution < -0.4 is 0 Å². The van der Waals surface area contributed by atoms with E-state index in [0.717, 1.165) is 30.0 Å². The Kier molecular flexibility index (Phi) is 6.23. The van der Waals surface area contributed by atoms with Crippen LogP contribution >= 0.6 is 11.6 Å². The molecular formula is C18H24ClF3N6O. The van der Waals surface area contributed by atoms with Crippen LogP contribution in [0.5, 0.6) is 0 Å². The van der Waals surface area contributed by atoms with Gasteiger partial charge in [0.25, 0.3) is 0 Å². The molecule has 2 aromatic rings. The maximum atomic E-state index is 12.9. The first-order valence-electron chi connectivity index (χ1n) is 9.35. The highest BCUT2D eigenvalue weighted by Crippen LogP contribution is 2.35. The molecule has 0 saturated carbocycles. The average Bonchev–Trinajstić information content (AvgIpc) is 3.12. The zero-order chi connectivity index (χ0) is 21.3. The van der Waals surface area contributed by atoms with Gasteiger partial charge in [0.2, 0.25) is 5.91 Å². The van der Waals surface area contributed by atoms with Gasteiger partial charge in [-0.1, -0.05) is 11.6 Å². The molecule has 3 heterocycles. The minimum Gasteiger partial charge on any atom is -0.340 e. The predicted octanol–water partition coefficient (Wildman–Crippen LogP) is 2.64. The van der Waals surface area contributed by atoms with Gasteiger partial charge in [-0.3, -0.25) is 19.1 Å². The largest absolute Gasteiger partial charge is 0.436 e. The molecular weight excluding hydrogens is 409 g/mol. The third kappa shape index (κ3) is 4.92. The molecule has 0 aliphatic carbocycles. The molecule has 0 bridgehead atoms. The van der Waals surface area contributed by atoms with E-state index >= 15 is 0 Å². The second-order valence-corrected chi connectivity index (χ2v) is 7.67. The Morgan fingerprint density at radius 2 is 1.83 bits per heavy atom. The van der Waals surface area contributed by atoms with Crippen molar-refractivity contribution in [3.8, 4) is 0 Å². The van der Waals surface area contributed by atoms with Crippen molar-refractivity contribution < 1.29 is 18.0 Å². The second-order valence-electron chi connectivity index (χ2n) is 7.29. The Morgan fingerprint density at radius 3 is 2.34 bits per heavy atom. The zero-order valence-corrected chi connectivity index (χ0v) is 17.4. The number of aromatic nitrogens is 4. The number of nitrogens with zero attached hydrogens (tertiary/aromatic N) is 6. The highest BCUT2D eigenvalue weighted by molar-refractivity contribution is 6.31. The van der Waals surface area contributed by atoms with Crippen LogP contribution in [0.1, 0.15) is 29.1 Å². The van der Waals surface area contributed by atoms with Crippen molar-refractivity contribution >= 4 is 17.5 Å². The van der Waals surface area contributed by atoms with Gasteiger partial charge in [-0.25, -0.2) is 0 Å². The Labute approximate surface area is 172 Å². The lowest BCUT2D eigenvalue weighted by Crippen LogP contribution is -2.48. The fraction of sp³-hybridized carbons (Fsp3) is 0.611. The van der Waals surface area contributed by atoms with Crippen LogP contribution in [-0.2, 0) is 31.1 Å². The first-order valence-corrected chi connectivity index (χ1v) is 9.73. The van der Waals surface area contributed by atoms with Gasteiger partial charge in [0.1, 0.15) is 0 Å². The fourth-order valence-corrected chi connectivity index (χ4v) is 3.73. The summed E-state index contributed by atoms with van der Waals surface area (Å²) < 4.78 is 41.7. The van der Waals surface area contributed by atoms with E-state index in [4.69, 9.17) is 11.6 Å². The van der Waals surface area contributed by atoms with Gasteiger partial charge in [-0.05, 0) is 13.8 Å². The van der Waals surface area contributed by atoms with Gasteiger partial charge in [0.05, 0.1) is 23.0 Å². The predicted molar refractivity (Wildman–Crippen MR) is 101 cm³/mol. The number of piperazine rings is 1. The van der Waals surface area contributed by atoms with Gasteiger partial charge >= 0.3 is 6.18 Å². The number of carbonyl (C=O) groups excluding carboxylic acids is 1. The summed E-state index contributed by atoms with van der Waals surface area (Å²) in [6.07, 6.45) is -2.53. The molecule has 0 atom stereocenters. The molecule has 1 saturated heterocycles. The number of carbonyl (C=O) groups is 1. The van der Waals surface area contributed by atoms with Crippen LogP contribution in [0.4, 0.5) is 13.2 Å². The van der Waals surface area contributed by atoms with E-state index in [-0.39, 0.29) is 24.6 Å².